The Hall–Kier alpha value is -5.14. The van der Waals surface area contributed by atoms with E-state index in [1.807, 2.05) is 0 Å². The number of benzene rings is 8. The van der Waals surface area contributed by atoms with Gasteiger partial charge in [0.1, 0.15) is 11.2 Å². The van der Waals surface area contributed by atoms with Crippen molar-refractivity contribution >= 4 is 75.8 Å². The van der Waals surface area contributed by atoms with E-state index in [4.69, 9.17) is 4.42 Å². The standard InChI is InChI=1S/C38H22O/c1-2-10-25-20-37-35(18-24(25)9-1)36-21-33-30-14-6-5-13-29(30)32-19-26(16-17-31(32)34(33)22-38(36)39-37)28-15-7-11-23-8-3-4-12-27(23)28/h1-22H. The zero-order valence-corrected chi connectivity index (χ0v) is 21.1. The van der Waals surface area contributed by atoms with Crippen LogP contribution in [-0.4, -0.2) is 0 Å². The van der Waals surface area contributed by atoms with Crippen molar-refractivity contribution in [1.82, 2.24) is 0 Å². The molecule has 0 amide bonds. The summed E-state index contributed by atoms with van der Waals surface area (Å²) in [5, 5.41) is 14.9. The number of hydrogen-bond donors (Lipinski definition) is 0. The molecule has 9 rings (SSSR count). The fraction of sp³-hybridized carbons (Fsp3) is 0. The number of fused-ring (bicyclic) bond motifs is 11. The Bertz CT molecular complexity index is 2440. The fourth-order valence-corrected chi connectivity index (χ4v) is 6.55. The summed E-state index contributed by atoms with van der Waals surface area (Å²) in [4.78, 5) is 0. The van der Waals surface area contributed by atoms with E-state index < -0.39 is 0 Å². The molecular formula is C38H22O. The Morgan fingerprint density at radius 2 is 0.872 bits per heavy atom. The predicted molar refractivity (Wildman–Crippen MR) is 167 cm³/mol. The lowest BCUT2D eigenvalue weighted by molar-refractivity contribution is 0.670. The van der Waals surface area contributed by atoms with Crippen LogP contribution in [0.4, 0.5) is 0 Å². The number of rotatable bonds is 1. The van der Waals surface area contributed by atoms with E-state index in [0.29, 0.717) is 0 Å². The monoisotopic (exact) mass is 494 g/mol. The quantitative estimate of drug-likeness (QED) is 0.207. The topological polar surface area (TPSA) is 13.1 Å². The van der Waals surface area contributed by atoms with Crippen LogP contribution in [0.15, 0.2) is 138 Å². The van der Waals surface area contributed by atoms with E-state index in [1.165, 1.54) is 75.8 Å². The van der Waals surface area contributed by atoms with Gasteiger partial charge in [-0.25, -0.2) is 0 Å². The number of hydrogen-bond acceptors (Lipinski definition) is 1. The first-order valence-corrected chi connectivity index (χ1v) is 13.4. The zero-order valence-electron chi connectivity index (χ0n) is 21.1. The van der Waals surface area contributed by atoms with Gasteiger partial charge >= 0.3 is 0 Å². The molecule has 1 aromatic heterocycles. The summed E-state index contributed by atoms with van der Waals surface area (Å²) in [5.41, 5.74) is 4.37. The Morgan fingerprint density at radius 3 is 1.69 bits per heavy atom. The molecule has 0 bridgehead atoms. The molecule has 0 atom stereocenters. The van der Waals surface area contributed by atoms with Crippen LogP contribution < -0.4 is 0 Å². The zero-order chi connectivity index (χ0) is 25.5. The summed E-state index contributed by atoms with van der Waals surface area (Å²) in [5.74, 6) is 0. The summed E-state index contributed by atoms with van der Waals surface area (Å²) in [7, 11) is 0. The molecule has 0 saturated heterocycles. The second-order valence-corrected chi connectivity index (χ2v) is 10.5. The first-order chi connectivity index (χ1) is 19.3. The van der Waals surface area contributed by atoms with Crippen LogP contribution in [0.2, 0.25) is 0 Å². The maximum absolute atomic E-state index is 6.47. The van der Waals surface area contributed by atoms with Gasteiger partial charge in [0.2, 0.25) is 0 Å². The SMILES string of the molecule is c1ccc2cc3c(cc2c1)oc1cc2c4ccc(-c5cccc6ccccc56)cc4c4ccccc4c2cc13. The van der Waals surface area contributed by atoms with E-state index >= 15 is 0 Å². The van der Waals surface area contributed by atoms with Crippen LogP contribution in [0.1, 0.15) is 0 Å². The van der Waals surface area contributed by atoms with Gasteiger partial charge in [-0.15, -0.1) is 0 Å². The third-order valence-electron chi connectivity index (χ3n) is 8.40. The van der Waals surface area contributed by atoms with Crippen molar-refractivity contribution in [2.45, 2.75) is 0 Å². The van der Waals surface area contributed by atoms with Gasteiger partial charge in [-0.1, -0.05) is 103 Å². The summed E-state index contributed by atoms with van der Waals surface area (Å²) in [6.45, 7) is 0. The maximum atomic E-state index is 6.47. The summed E-state index contributed by atoms with van der Waals surface area (Å²) >= 11 is 0. The minimum Gasteiger partial charge on any atom is -0.456 e. The molecule has 0 N–H and O–H groups in total. The first kappa shape index (κ1) is 20.9. The van der Waals surface area contributed by atoms with Gasteiger partial charge in [0.25, 0.3) is 0 Å². The third-order valence-corrected chi connectivity index (χ3v) is 8.40. The van der Waals surface area contributed by atoms with Gasteiger partial charge in [0.05, 0.1) is 0 Å². The normalized spacial score (nSPS) is 12.1. The fourth-order valence-electron chi connectivity index (χ4n) is 6.55. The molecule has 0 spiro atoms. The van der Waals surface area contributed by atoms with Crippen LogP contribution in [0.3, 0.4) is 0 Å². The largest absolute Gasteiger partial charge is 0.456 e. The molecule has 1 heteroatoms. The Balaban J connectivity index is 1.39. The van der Waals surface area contributed by atoms with Gasteiger partial charge in [0, 0.05) is 10.8 Å². The molecular weight excluding hydrogens is 472 g/mol. The molecule has 180 valence electrons. The van der Waals surface area contributed by atoms with Gasteiger partial charge in [-0.05, 0) is 95.3 Å². The Labute approximate surface area is 224 Å². The third kappa shape index (κ3) is 2.96. The summed E-state index contributed by atoms with van der Waals surface area (Å²) in [6, 6.07) is 48.5. The van der Waals surface area contributed by atoms with Crippen LogP contribution in [0, 0.1) is 0 Å². The molecule has 0 aliphatic carbocycles. The van der Waals surface area contributed by atoms with Gasteiger partial charge in [0.15, 0.2) is 0 Å². The highest BCUT2D eigenvalue weighted by molar-refractivity contribution is 6.29. The van der Waals surface area contributed by atoms with Crippen molar-refractivity contribution in [3.8, 4) is 11.1 Å². The molecule has 0 fully saturated rings. The lowest BCUT2D eigenvalue weighted by Gasteiger charge is -2.13. The molecule has 9 aromatic rings. The first-order valence-electron chi connectivity index (χ1n) is 13.4. The van der Waals surface area contributed by atoms with E-state index in [0.717, 1.165) is 11.2 Å². The van der Waals surface area contributed by atoms with E-state index in [1.54, 1.807) is 0 Å². The second-order valence-electron chi connectivity index (χ2n) is 10.5. The predicted octanol–water partition coefficient (Wildman–Crippen LogP) is 11.0. The minimum atomic E-state index is 0.933. The Morgan fingerprint density at radius 1 is 0.308 bits per heavy atom. The van der Waals surface area contributed by atoms with Crippen molar-refractivity contribution in [2.75, 3.05) is 0 Å². The second kappa shape index (κ2) is 7.69. The lowest BCUT2D eigenvalue weighted by Crippen LogP contribution is -1.86. The highest BCUT2D eigenvalue weighted by Gasteiger charge is 2.15. The maximum Gasteiger partial charge on any atom is 0.136 e. The van der Waals surface area contributed by atoms with Crippen molar-refractivity contribution in [1.29, 1.82) is 0 Å². The summed E-state index contributed by atoms with van der Waals surface area (Å²) < 4.78 is 6.47. The van der Waals surface area contributed by atoms with Crippen molar-refractivity contribution < 1.29 is 4.42 Å². The van der Waals surface area contributed by atoms with E-state index in [9.17, 15) is 0 Å². The molecule has 0 radical (unpaired) electrons. The molecule has 0 aliphatic heterocycles. The van der Waals surface area contributed by atoms with E-state index in [-0.39, 0.29) is 0 Å². The average Bonchev–Trinajstić information content (AvgIpc) is 3.35. The molecule has 8 aromatic carbocycles. The molecule has 1 heterocycles. The van der Waals surface area contributed by atoms with Crippen LogP contribution >= 0.6 is 0 Å². The van der Waals surface area contributed by atoms with Gasteiger partial charge in [-0.3, -0.25) is 0 Å². The molecule has 0 saturated carbocycles. The summed E-state index contributed by atoms with van der Waals surface area (Å²) in [6.07, 6.45) is 0. The van der Waals surface area contributed by atoms with E-state index in [2.05, 4.69) is 133 Å². The highest BCUT2D eigenvalue weighted by atomic mass is 16.3. The lowest BCUT2D eigenvalue weighted by atomic mass is 9.90. The van der Waals surface area contributed by atoms with Gasteiger partial charge in [-0.2, -0.15) is 0 Å². The Kier molecular flexibility index (Phi) is 4.11. The van der Waals surface area contributed by atoms with Crippen LogP contribution in [0.25, 0.3) is 86.9 Å². The minimum absolute atomic E-state index is 0.933. The van der Waals surface area contributed by atoms with Gasteiger partial charge < -0.3 is 4.42 Å². The molecule has 39 heavy (non-hydrogen) atoms. The average molecular weight is 495 g/mol. The van der Waals surface area contributed by atoms with Crippen molar-refractivity contribution in [2.24, 2.45) is 0 Å². The van der Waals surface area contributed by atoms with Crippen LogP contribution in [0.5, 0.6) is 0 Å². The van der Waals surface area contributed by atoms with Crippen molar-refractivity contribution in [3.63, 3.8) is 0 Å². The number of furan rings is 1. The molecule has 0 unspecified atom stereocenters. The van der Waals surface area contributed by atoms with Crippen molar-refractivity contribution in [3.05, 3.63) is 133 Å². The smallest absolute Gasteiger partial charge is 0.136 e. The highest BCUT2D eigenvalue weighted by Crippen LogP contribution is 2.42. The van der Waals surface area contributed by atoms with Crippen LogP contribution in [-0.2, 0) is 0 Å². The molecule has 0 aliphatic rings. The molecule has 1 nitrogen and oxygen atoms in total.